The molecule has 0 aliphatic heterocycles. The van der Waals surface area contributed by atoms with Crippen molar-refractivity contribution >= 4 is 11.3 Å². The SMILES string of the molecule is CCCNC(Cc1ccccc1F)c1cc(OC)cs1. The minimum absolute atomic E-state index is 0.126. The molecule has 1 aromatic heterocycles. The summed E-state index contributed by atoms with van der Waals surface area (Å²) in [4.78, 5) is 1.18. The average Bonchev–Trinajstić information content (AvgIpc) is 2.94. The van der Waals surface area contributed by atoms with Gasteiger partial charge in [-0.25, -0.2) is 4.39 Å². The number of thiophene rings is 1. The number of benzene rings is 1. The zero-order chi connectivity index (χ0) is 14.4. The molecule has 1 aromatic carbocycles. The predicted molar refractivity (Wildman–Crippen MR) is 82.0 cm³/mol. The van der Waals surface area contributed by atoms with Crippen molar-refractivity contribution in [2.24, 2.45) is 0 Å². The van der Waals surface area contributed by atoms with Crippen LogP contribution in [0.3, 0.4) is 0 Å². The lowest BCUT2D eigenvalue weighted by Gasteiger charge is -2.17. The fourth-order valence-electron chi connectivity index (χ4n) is 2.10. The van der Waals surface area contributed by atoms with E-state index in [-0.39, 0.29) is 11.9 Å². The molecule has 1 N–H and O–H groups in total. The van der Waals surface area contributed by atoms with Gasteiger partial charge in [0.25, 0.3) is 0 Å². The summed E-state index contributed by atoms with van der Waals surface area (Å²) < 4.78 is 19.0. The molecule has 0 aliphatic carbocycles. The molecule has 2 aromatic rings. The molecule has 108 valence electrons. The molecular weight excluding hydrogens is 273 g/mol. The maximum Gasteiger partial charge on any atom is 0.129 e. The van der Waals surface area contributed by atoms with Crippen LogP contribution in [0.15, 0.2) is 35.7 Å². The Morgan fingerprint density at radius 3 is 2.80 bits per heavy atom. The van der Waals surface area contributed by atoms with Crippen LogP contribution in [0.25, 0.3) is 0 Å². The van der Waals surface area contributed by atoms with Crippen LogP contribution in [0.1, 0.15) is 29.8 Å². The first-order valence-corrected chi connectivity index (χ1v) is 7.71. The van der Waals surface area contributed by atoms with Gasteiger partial charge in [-0.1, -0.05) is 25.1 Å². The molecule has 0 saturated heterocycles. The molecule has 1 atom stereocenters. The molecule has 0 bridgehead atoms. The lowest BCUT2D eigenvalue weighted by molar-refractivity contribution is 0.415. The third-order valence-electron chi connectivity index (χ3n) is 3.20. The molecule has 0 radical (unpaired) electrons. The Hall–Kier alpha value is -1.39. The molecule has 2 nitrogen and oxygen atoms in total. The summed E-state index contributed by atoms with van der Waals surface area (Å²) in [5, 5.41) is 5.47. The quantitative estimate of drug-likeness (QED) is 0.827. The summed E-state index contributed by atoms with van der Waals surface area (Å²) in [7, 11) is 1.66. The van der Waals surface area contributed by atoms with E-state index in [1.165, 1.54) is 10.9 Å². The Morgan fingerprint density at radius 2 is 2.15 bits per heavy atom. The minimum atomic E-state index is -0.140. The maximum absolute atomic E-state index is 13.8. The molecule has 4 heteroatoms. The lowest BCUT2D eigenvalue weighted by Crippen LogP contribution is -2.23. The highest BCUT2D eigenvalue weighted by molar-refractivity contribution is 7.10. The Balaban J connectivity index is 2.17. The van der Waals surface area contributed by atoms with Crippen molar-refractivity contribution in [3.63, 3.8) is 0 Å². The first-order valence-electron chi connectivity index (χ1n) is 6.83. The number of halogens is 1. The maximum atomic E-state index is 13.8. The second kappa shape index (κ2) is 7.41. The van der Waals surface area contributed by atoms with Crippen LogP contribution in [0.4, 0.5) is 4.39 Å². The van der Waals surface area contributed by atoms with Gasteiger partial charge in [0.1, 0.15) is 11.6 Å². The van der Waals surface area contributed by atoms with E-state index >= 15 is 0 Å². The molecule has 1 unspecified atom stereocenters. The van der Waals surface area contributed by atoms with Crippen molar-refractivity contribution in [3.05, 3.63) is 52.0 Å². The molecule has 0 amide bonds. The largest absolute Gasteiger partial charge is 0.496 e. The van der Waals surface area contributed by atoms with Gasteiger partial charge in [0, 0.05) is 16.3 Å². The van der Waals surface area contributed by atoms with Crippen LogP contribution >= 0.6 is 11.3 Å². The molecule has 0 saturated carbocycles. The van der Waals surface area contributed by atoms with Crippen LogP contribution < -0.4 is 10.1 Å². The van der Waals surface area contributed by atoms with E-state index in [1.54, 1.807) is 24.5 Å². The van der Waals surface area contributed by atoms with Gasteiger partial charge in [-0.3, -0.25) is 0 Å². The highest BCUT2D eigenvalue weighted by Crippen LogP contribution is 2.29. The van der Waals surface area contributed by atoms with E-state index in [0.717, 1.165) is 24.3 Å². The van der Waals surface area contributed by atoms with E-state index in [0.29, 0.717) is 6.42 Å². The number of hydrogen-bond donors (Lipinski definition) is 1. The Bertz CT molecular complexity index is 541. The highest BCUT2D eigenvalue weighted by Gasteiger charge is 2.16. The van der Waals surface area contributed by atoms with Gasteiger partial charge in [-0.15, -0.1) is 11.3 Å². The van der Waals surface area contributed by atoms with E-state index in [4.69, 9.17) is 4.74 Å². The number of rotatable bonds is 7. The third kappa shape index (κ3) is 3.81. The van der Waals surface area contributed by atoms with E-state index in [1.807, 2.05) is 23.6 Å². The molecule has 1 heterocycles. The summed E-state index contributed by atoms with van der Waals surface area (Å²) in [5.74, 6) is 0.723. The van der Waals surface area contributed by atoms with E-state index in [9.17, 15) is 4.39 Å². The van der Waals surface area contributed by atoms with Crippen molar-refractivity contribution in [1.29, 1.82) is 0 Å². The Labute approximate surface area is 123 Å². The number of methoxy groups -OCH3 is 1. The van der Waals surface area contributed by atoms with Gasteiger partial charge < -0.3 is 10.1 Å². The smallest absolute Gasteiger partial charge is 0.129 e. The molecule has 20 heavy (non-hydrogen) atoms. The van der Waals surface area contributed by atoms with Crippen LogP contribution in [-0.4, -0.2) is 13.7 Å². The molecule has 2 rings (SSSR count). The predicted octanol–water partition coefficient (Wildman–Crippen LogP) is 4.18. The molecular formula is C16H20FNOS. The second-order valence-electron chi connectivity index (χ2n) is 4.69. The Kier molecular flexibility index (Phi) is 5.56. The van der Waals surface area contributed by atoms with Crippen molar-refractivity contribution in [2.45, 2.75) is 25.8 Å². The van der Waals surface area contributed by atoms with Gasteiger partial charge >= 0.3 is 0 Å². The van der Waals surface area contributed by atoms with Crippen molar-refractivity contribution in [3.8, 4) is 5.75 Å². The monoisotopic (exact) mass is 293 g/mol. The van der Waals surface area contributed by atoms with Crippen LogP contribution in [-0.2, 0) is 6.42 Å². The van der Waals surface area contributed by atoms with Gasteiger partial charge in [0.2, 0.25) is 0 Å². The van der Waals surface area contributed by atoms with Crippen LogP contribution in [0.5, 0.6) is 5.75 Å². The first-order chi connectivity index (χ1) is 9.74. The fourth-order valence-corrected chi connectivity index (χ4v) is 3.03. The van der Waals surface area contributed by atoms with Gasteiger partial charge in [0.05, 0.1) is 7.11 Å². The number of hydrogen-bond acceptors (Lipinski definition) is 3. The molecule has 0 aliphatic rings. The van der Waals surface area contributed by atoms with Gasteiger partial charge in [-0.05, 0) is 37.1 Å². The van der Waals surface area contributed by atoms with Crippen molar-refractivity contribution in [2.75, 3.05) is 13.7 Å². The van der Waals surface area contributed by atoms with Crippen LogP contribution in [0, 0.1) is 5.82 Å². The van der Waals surface area contributed by atoms with E-state index in [2.05, 4.69) is 12.2 Å². The second-order valence-corrected chi connectivity index (χ2v) is 5.63. The zero-order valence-corrected chi connectivity index (χ0v) is 12.7. The summed E-state index contributed by atoms with van der Waals surface area (Å²) in [6.07, 6.45) is 1.70. The summed E-state index contributed by atoms with van der Waals surface area (Å²) >= 11 is 1.65. The third-order valence-corrected chi connectivity index (χ3v) is 4.22. The van der Waals surface area contributed by atoms with E-state index < -0.39 is 0 Å². The Morgan fingerprint density at radius 1 is 1.35 bits per heavy atom. The first kappa shape index (κ1) is 15.0. The molecule has 0 spiro atoms. The highest BCUT2D eigenvalue weighted by atomic mass is 32.1. The summed E-state index contributed by atoms with van der Waals surface area (Å²) in [5.41, 5.74) is 0.744. The normalized spacial score (nSPS) is 12.3. The van der Waals surface area contributed by atoms with Crippen LogP contribution in [0.2, 0.25) is 0 Å². The molecule has 0 fully saturated rings. The number of nitrogens with one attached hydrogen (secondary N) is 1. The van der Waals surface area contributed by atoms with Crippen molar-refractivity contribution in [1.82, 2.24) is 5.32 Å². The lowest BCUT2D eigenvalue weighted by atomic mass is 10.0. The summed E-state index contributed by atoms with van der Waals surface area (Å²) in [6.45, 7) is 3.04. The average molecular weight is 293 g/mol. The number of ether oxygens (including phenoxy) is 1. The fraction of sp³-hybridized carbons (Fsp3) is 0.375. The minimum Gasteiger partial charge on any atom is -0.496 e. The zero-order valence-electron chi connectivity index (χ0n) is 11.9. The topological polar surface area (TPSA) is 21.3 Å². The standard InChI is InChI=1S/C16H20FNOS/c1-3-8-18-15(16-10-13(19-2)11-20-16)9-12-6-4-5-7-14(12)17/h4-7,10-11,15,18H,3,8-9H2,1-2H3. The van der Waals surface area contributed by atoms with Crippen molar-refractivity contribution < 1.29 is 9.13 Å². The van der Waals surface area contributed by atoms with Gasteiger partial charge in [-0.2, -0.15) is 0 Å². The summed E-state index contributed by atoms with van der Waals surface area (Å²) in [6, 6.07) is 9.12. The van der Waals surface area contributed by atoms with Gasteiger partial charge in [0.15, 0.2) is 0 Å².